The first-order valence-electron chi connectivity index (χ1n) is 15.6. The molecule has 248 valence electrons. The predicted octanol–water partition coefficient (Wildman–Crippen LogP) is 5.30. The third kappa shape index (κ3) is 7.54. The number of rotatable bonds is 10. The summed E-state index contributed by atoms with van der Waals surface area (Å²) < 4.78 is 23.9. The molecule has 3 aromatic heterocycles. The highest BCUT2D eigenvalue weighted by atomic mass is 32.1. The summed E-state index contributed by atoms with van der Waals surface area (Å²) in [5, 5.41) is 2.59. The highest BCUT2D eigenvalue weighted by Gasteiger charge is 2.40. The summed E-state index contributed by atoms with van der Waals surface area (Å²) >= 11 is 1.45. The number of thiazole rings is 1. The van der Waals surface area contributed by atoms with Crippen molar-refractivity contribution in [3.63, 3.8) is 0 Å². The van der Waals surface area contributed by atoms with Crippen molar-refractivity contribution in [3.8, 4) is 17.4 Å². The summed E-state index contributed by atoms with van der Waals surface area (Å²) in [5.41, 5.74) is 2.20. The van der Waals surface area contributed by atoms with Crippen molar-refractivity contribution < 1.29 is 28.5 Å². The molecule has 0 unspecified atom stereocenters. The normalized spacial score (nSPS) is 17.6. The largest absolute Gasteiger partial charge is 0.461 e. The van der Waals surface area contributed by atoms with E-state index < -0.39 is 17.7 Å². The number of aryl methyl sites for hydroxylation is 1. The van der Waals surface area contributed by atoms with Crippen molar-refractivity contribution in [3.05, 3.63) is 76.0 Å². The molecule has 2 atom stereocenters. The fourth-order valence-electron chi connectivity index (χ4n) is 5.81. The molecular formula is C33H39N7O6S. The van der Waals surface area contributed by atoms with Gasteiger partial charge in [-0.2, -0.15) is 0 Å². The van der Waals surface area contributed by atoms with Crippen LogP contribution in [0, 0.1) is 6.92 Å². The van der Waals surface area contributed by atoms with Gasteiger partial charge in [0, 0.05) is 49.0 Å². The lowest BCUT2D eigenvalue weighted by atomic mass is 9.97. The molecule has 0 radical (unpaired) electrons. The minimum absolute atomic E-state index is 0.0445. The summed E-state index contributed by atoms with van der Waals surface area (Å²) in [6.07, 6.45) is 5.56. The maximum absolute atomic E-state index is 13.5. The van der Waals surface area contributed by atoms with Gasteiger partial charge in [0.1, 0.15) is 11.9 Å². The van der Waals surface area contributed by atoms with Gasteiger partial charge in [0.15, 0.2) is 17.2 Å². The Hall–Kier alpha value is -4.56. The minimum atomic E-state index is -0.658. The van der Waals surface area contributed by atoms with Gasteiger partial charge < -0.3 is 23.8 Å². The molecule has 1 amide bonds. The Bertz CT molecular complexity index is 1720. The van der Waals surface area contributed by atoms with Crippen LogP contribution in [0.25, 0.3) is 5.95 Å². The topological polar surface area (TPSA) is 134 Å². The number of ether oxygens (including phenoxy) is 4. The average molecular weight is 662 g/mol. The first-order chi connectivity index (χ1) is 22.6. The number of likely N-dealkylation sites (tertiary alicyclic amines) is 1. The quantitative estimate of drug-likeness (QED) is 0.205. The summed E-state index contributed by atoms with van der Waals surface area (Å²) in [5.74, 6) is 1.39. The summed E-state index contributed by atoms with van der Waals surface area (Å²) in [6.45, 7) is 11.8. The lowest BCUT2D eigenvalue weighted by Gasteiger charge is -2.31. The van der Waals surface area contributed by atoms with Crippen LogP contribution in [0.15, 0.2) is 48.4 Å². The molecule has 1 saturated heterocycles. The second-order valence-corrected chi connectivity index (χ2v) is 13.4. The van der Waals surface area contributed by atoms with Crippen LogP contribution in [0.4, 0.5) is 4.79 Å². The van der Waals surface area contributed by atoms with Crippen LogP contribution in [-0.4, -0.2) is 85.0 Å². The second kappa shape index (κ2) is 13.7. The molecule has 0 spiro atoms. The molecule has 6 rings (SSSR count). The lowest BCUT2D eigenvalue weighted by Crippen LogP contribution is -2.41. The number of carbonyl (C=O) groups is 2. The van der Waals surface area contributed by atoms with E-state index in [1.807, 2.05) is 58.2 Å². The van der Waals surface area contributed by atoms with Gasteiger partial charge in [-0.05, 0) is 71.3 Å². The highest BCUT2D eigenvalue weighted by molar-refractivity contribution is 7.09. The summed E-state index contributed by atoms with van der Waals surface area (Å²) in [7, 11) is 0. The van der Waals surface area contributed by atoms with Crippen LogP contribution in [0.3, 0.4) is 0 Å². The first-order valence-corrected chi connectivity index (χ1v) is 16.5. The van der Waals surface area contributed by atoms with Crippen LogP contribution in [0.5, 0.6) is 11.5 Å². The Morgan fingerprint density at radius 1 is 1.13 bits per heavy atom. The summed E-state index contributed by atoms with van der Waals surface area (Å²) in [6, 6.07) is 7.50. The van der Waals surface area contributed by atoms with E-state index in [0.29, 0.717) is 42.8 Å². The van der Waals surface area contributed by atoms with E-state index in [-0.39, 0.29) is 25.4 Å². The SMILES string of the molecule is CCOC(=O)c1csc([C@@H]2CCN(CCN(Cc3ccc4c(c3)OCO4)C(=O)OC(C)(C)C)[C@H]2c2cc(C)nc(-n3ccnc3)n2)n1. The highest BCUT2D eigenvalue weighted by Crippen LogP contribution is 2.44. The van der Waals surface area contributed by atoms with Crippen molar-refractivity contribution in [2.24, 2.45) is 0 Å². The van der Waals surface area contributed by atoms with Crippen molar-refractivity contribution >= 4 is 23.4 Å². The molecular weight excluding hydrogens is 622 g/mol. The van der Waals surface area contributed by atoms with Crippen molar-refractivity contribution in [1.82, 2.24) is 34.3 Å². The van der Waals surface area contributed by atoms with Crippen LogP contribution in [0.2, 0.25) is 0 Å². The molecule has 1 aromatic carbocycles. The van der Waals surface area contributed by atoms with Gasteiger partial charge in [0.05, 0.1) is 23.4 Å². The molecule has 2 aliphatic heterocycles. The number of carbonyl (C=O) groups excluding carboxylic acids is 2. The summed E-state index contributed by atoms with van der Waals surface area (Å²) in [4.78, 5) is 48.6. The molecule has 4 aromatic rings. The van der Waals surface area contributed by atoms with Crippen molar-refractivity contribution in [2.45, 2.75) is 65.1 Å². The van der Waals surface area contributed by atoms with E-state index >= 15 is 0 Å². The average Bonchev–Trinajstić information content (AvgIpc) is 3.84. The molecule has 0 saturated carbocycles. The van der Waals surface area contributed by atoms with Crippen molar-refractivity contribution in [1.29, 1.82) is 0 Å². The fourth-order valence-corrected chi connectivity index (χ4v) is 6.76. The van der Waals surface area contributed by atoms with Crippen LogP contribution in [0.1, 0.15) is 78.5 Å². The standard InChI is InChI=1S/C33H39N7O6S/c1-6-43-30(41)25-18-47-29(36-25)23-9-11-38(28(23)24-15-21(2)35-31(37-24)40-12-10-34-19-40)13-14-39(32(42)46-33(3,4)5)17-22-7-8-26-27(16-22)45-20-44-26/h7-8,10,12,15-16,18-19,23,28H,6,9,11,13-14,17,20H2,1-5H3/t23-,28-/m1/s1. The van der Waals surface area contributed by atoms with Crippen LogP contribution in [-0.2, 0) is 16.0 Å². The van der Waals surface area contributed by atoms with Gasteiger partial charge in [0.2, 0.25) is 12.7 Å². The zero-order chi connectivity index (χ0) is 33.1. The number of nitrogens with zero attached hydrogens (tertiary/aromatic N) is 7. The molecule has 0 bridgehead atoms. The molecule has 5 heterocycles. The Labute approximate surface area is 277 Å². The number of benzene rings is 1. The van der Waals surface area contributed by atoms with E-state index in [9.17, 15) is 9.59 Å². The number of hydrogen-bond acceptors (Lipinski definition) is 12. The minimum Gasteiger partial charge on any atom is -0.461 e. The first kappa shape index (κ1) is 32.4. The third-order valence-electron chi connectivity index (χ3n) is 7.85. The van der Waals surface area contributed by atoms with E-state index in [1.165, 1.54) is 11.3 Å². The van der Waals surface area contributed by atoms with Gasteiger partial charge in [-0.3, -0.25) is 9.47 Å². The van der Waals surface area contributed by atoms with E-state index in [4.69, 9.17) is 28.9 Å². The zero-order valence-corrected chi connectivity index (χ0v) is 28.0. The Morgan fingerprint density at radius 3 is 2.72 bits per heavy atom. The van der Waals surface area contributed by atoms with Crippen LogP contribution < -0.4 is 9.47 Å². The fraction of sp³-hybridized carbons (Fsp3) is 0.455. The van der Waals surface area contributed by atoms with Crippen LogP contribution >= 0.6 is 11.3 Å². The number of hydrogen-bond donors (Lipinski definition) is 0. The van der Waals surface area contributed by atoms with Gasteiger partial charge in [-0.15, -0.1) is 11.3 Å². The van der Waals surface area contributed by atoms with Gasteiger partial charge in [-0.1, -0.05) is 6.07 Å². The van der Waals surface area contributed by atoms with E-state index in [1.54, 1.807) is 34.3 Å². The Morgan fingerprint density at radius 2 is 1.96 bits per heavy atom. The Balaban J connectivity index is 1.29. The van der Waals surface area contributed by atoms with Gasteiger partial charge in [-0.25, -0.2) is 29.5 Å². The molecule has 0 aliphatic carbocycles. The van der Waals surface area contributed by atoms with Gasteiger partial charge in [0.25, 0.3) is 0 Å². The lowest BCUT2D eigenvalue weighted by molar-refractivity contribution is 0.0210. The van der Waals surface area contributed by atoms with E-state index in [2.05, 4.69) is 14.9 Å². The monoisotopic (exact) mass is 661 g/mol. The number of amides is 1. The van der Waals surface area contributed by atoms with Gasteiger partial charge >= 0.3 is 12.1 Å². The molecule has 2 aliphatic rings. The Kier molecular flexibility index (Phi) is 9.41. The maximum atomic E-state index is 13.5. The van der Waals surface area contributed by atoms with E-state index in [0.717, 1.165) is 34.9 Å². The number of fused-ring (bicyclic) bond motifs is 1. The third-order valence-corrected chi connectivity index (χ3v) is 8.82. The zero-order valence-electron chi connectivity index (χ0n) is 27.2. The predicted molar refractivity (Wildman–Crippen MR) is 173 cm³/mol. The number of esters is 1. The van der Waals surface area contributed by atoms with Crippen molar-refractivity contribution in [2.75, 3.05) is 33.0 Å². The number of aromatic nitrogens is 5. The second-order valence-electron chi connectivity index (χ2n) is 12.5. The molecule has 1 fully saturated rings. The molecule has 47 heavy (non-hydrogen) atoms. The maximum Gasteiger partial charge on any atom is 0.410 e. The molecule has 0 N–H and O–H groups in total. The number of imidazole rings is 1. The molecule has 14 heteroatoms. The smallest absolute Gasteiger partial charge is 0.410 e. The molecule has 13 nitrogen and oxygen atoms in total.